The van der Waals surface area contributed by atoms with Gasteiger partial charge < -0.3 is 9.46 Å². The Bertz CT molecular complexity index is 1420. The molecule has 2 aliphatic rings. The molecular formula is C21H27F2N6O3PS2. The van der Waals surface area contributed by atoms with Crippen LogP contribution in [0.15, 0.2) is 23.4 Å². The fourth-order valence-electron chi connectivity index (χ4n) is 4.41. The zero-order valence-electron chi connectivity index (χ0n) is 19.6. The van der Waals surface area contributed by atoms with Crippen LogP contribution in [0.3, 0.4) is 0 Å². The number of nitrogens with zero attached hydrogens (tertiary/aromatic N) is 5. The van der Waals surface area contributed by atoms with Crippen LogP contribution in [-0.4, -0.2) is 65.6 Å². The Balaban J connectivity index is 1.60. The molecule has 0 aromatic carbocycles. The third kappa shape index (κ3) is 4.87. The van der Waals surface area contributed by atoms with E-state index in [9.17, 15) is 21.8 Å². The van der Waals surface area contributed by atoms with Gasteiger partial charge in [-0.2, -0.15) is 0 Å². The standard InChI is InChI=1S/C21H27F2N6O3PS2/c1-21(6-7-21)27-35(31,32)14-10-15(28-8-4-13(5-9-28)33(2,3)30)18-24-11-16(29(18)12-14)19-25-26-20(34-19)17(22)23/h10-13,17,27H,4-9H2,1-3H3. The Kier molecular flexibility index (Phi) is 6.05. The van der Waals surface area contributed by atoms with Crippen LogP contribution in [0.2, 0.25) is 0 Å². The first-order valence-corrected chi connectivity index (χ1v) is 16.3. The molecule has 1 saturated heterocycles. The highest BCUT2D eigenvalue weighted by Gasteiger charge is 2.41. The third-order valence-electron chi connectivity index (χ3n) is 6.78. The SMILES string of the molecule is CC1(NS(=O)(=O)c2cc(N3CCC(P(C)(C)=O)CC3)c3ncc(-c4nnc(C(F)F)s4)n3c2)CC1. The summed E-state index contributed by atoms with van der Waals surface area (Å²) in [6.07, 6.45) is 3.19. The summed E-state index contributed by atoms with van der Waals surface area (Å²) in [4.78, 5) is 6.62. The summed E-state index contributed by atoms with van der Waals surface area (Å²) in [5.74, 6) is 0. The maximum Gasteiger partial charge on any atom is 0.291 e. The molecule has 1 N–H and O–H groups in total. The Morgan fingerprint density at radius 1 is 1.23 bits per heavy atom. The minimum absolute atomic E-state index is 0.0600. The Morgan fingerprint density at radius 3 is 2.49 bits per heavy atom. The van der Waals surface area contributed by atoms with Crippen LogP contribution in [0, 0.1) is 0 Å². The summed E-state index contributed by atoms with van der Waals surface area (Å²) in [5.41, 5.74) is 1.18. The van der Waals surface area contributed by atoms with Gasteiger partial charge in [-0.25, -0.2) is 26.9 Å². The van der Waals surface area contributed by atoms with Crippen LogP contribution >= 0.6 is 18.5 Å². The van der Waals surface area contributed by atoms with Gasteiger partial charge in [0.2, 0.25) is 10.0 Å². The van der Waals surface area contributed by atoms with Crippen LogP contribution in [0.1, 0.15) is 44.0 Å². The monoisotopic (exact) mass is 544 g/mol. The second-order valence-corrected chi connectivity index (χ2v) is 16.3. The van der Waals surface area contributed by atoms with Crippen molar-refractivity contribution < 1.29 is 21.8 Å². The molecule has 3 aromatic rings. The van der Waals surface area contributed by atoms with Crippen molar-refractivity contribution in [1.82, 2.24) is 24.3 Å². The van der Waals surface area contributed by atoms with Crippen molar-refractivity contribution in [3.63, 3.8) is 0 Å². The summed E-state index contributed by atoms with van der Waals surface area (Å²) >= 11 is 0.749. The van der Waals surface area contributed by atoms with Crippen LogP contribution in [0.4, 0.5) is 14.5 Å². The van der Waals surface area contributed by atoms with Crippen LogP contribution in [0.25, 0.3) is 16.3 Å². The van der Waals surface area contributed by atoms with Crippen molar-refractivity contribution in [2.75, 3.05) is 31.3 Å². The van der Waals surface area contributed by atoms with E-state index < -0.39 is 34.1 Å². The first-order chi connectivity index (χ1) is 16.4. The number of anilines is 1. The molecule has 1 aliphatic heterocycles. The number of aromatic nitrogens is 4. The van der Waals surface area contributed by atoms with Gasteiger partial charge in [0.25, 0.3) is 6.43 Å². The first-order valence-electron chi connectivity index (χ1n) is 11.3. The Hall–Kier alpha value is -1.95. The second kappa shape index (κ2) is 8.57. The average Bonchev–Trinajstić information content (AvgIpc) is 3.18. The zero-order chi connectivity index (χ0) is 25.2. The van der Waals surface area contributed by atoms with Crippen molar-refractivity contribution in [2.24, 2.45) is 0 Å². The van der Waals surface area contributed by atoms with Gasteiger partial charge in [0, 0.05) is 30.5 Å². The lowest BCUT2D eigenvalue weighted by atomic mass is 10.1. The van der Waals surface area contributed by atoms with Gasteiger partial charge in [0.1, 0.15) is 10.6 Å². The van der Waals surface area contributed by atoms with Gasteiger partial charge in [0.15, 0.2) is 15.7 Å². The molecule has 0 bridgehead atoms. The number of hydrogen-bond acceptors (Lipinski definition) is 8. The van der Waals surface area contributed by atoms with E-state index in [0.717, 1.165) is 37.0 Å². The summed E-state index contributed by atoms with van der Waals surface area (Å²) in [5, 5.41) is 7.27. The maximum atomic E-state index is 13.3. The number of hydrogen-bond donors (Lipinski definition) is 1. The van der Waals surface area contributed by atoms with Gasteiger partial charge in [-0.3, -0.25) is 4.40 Å². The minimum Gasteiger partial charge on any atom is -0.368 e. The Labute approximate surface area is 206 Å². The van der Waals surface area contributed by atoms with E-state index in [1.165, 1.54) is 12.4 Å². The molecule has 2 fully saturated rings. The van der Waals surface area contributed by atoms with Crippen molar-refractivity contribution in [2.45, 2.75) is 55.1 Å². The lowest BCUT2D eigenvalue weighted by Gasteiger charge is -2.35. The number of alkyl halides is 2. The van der Waals surface area contributed by atoms with E-state index >= 15 is 0 Å². The predicted octanol–water partition coefficient (Wildman–Crippen LogP) is 4.21. The molecule has 0 radical (unpaired) electrons. The molecule has 0 atom stereocenters. The minimum atomic E-state index is -3.85. The predicted molar refractivity (Wildman–Crippen MR) is 132 cm³/mol. The summed E-state index contributed by atoms with van der Waals surface area (Å²) in [7, 11) is -6.08. The summed E-state index contributed by atoms with van der Waals surface area (Å²) < 4.78 is 69.7. The molecule has 1 saturated carbocycles. The number of fused-ring (bicyclic) bond motifs is 1. The van der Waals surface area contributed by atoms with Gasteiger partial charge in [-0.15, -0.1) is 10.2 Å². The molecule has 4 heterocycles. The molecule has 9 nitrogen and oxygen atoms in total. The molecule has 0 spiro atoms. The van der Waals surface area contributed by atoms with Crippen LogP contribution in [0.5, 0.6) is 0 Å². The van der Waals surface area contributed by atoms with Crippen LogP contribution in [-0.2, 0) is 14.6 Å². The second-order valence-electron chi connectivity index (χ2n) is 9.96. The van der Waals surface area contributed by atoms with E-state index in [1.807, 2.05) is 6.92 Å². The van der Waals surface area contributed by atoms with E-state index in [4.69, 9.17) is 0 Å². The van der Waals surface area contributed by atoms with Crippen molar-refractivity contribution >= 4 is 39.8 Å². The number of nitrogens with one attached hydrogen (secondary N) is 1. The van der Waals surface area contributed by atoms with Crippen molar-refractivity contribution in [3.8, 4) is 10.7 Å². The van der Waals surface area contributed by atoms with E-state index in [2.05, 4.69) is 24.8 Å². The number of halogens is 2. The van der Waals surface area contributed by atoms with Gasteiger partial charge in [0.05, 0.1) is 19.0 Å². The number of sulfonamides is 1. The molecule has 3 aromatic heterocycles. The summed E-state index contributed by atoms with van der Waals surface area (Å²) in [6.45, 7) is 6.69. The lowest BCUT2D eigenvalue weighted by Crippen LogP contribution is -2.37. The van der Waals surface area contributed by atoms with Gasteiger partial charge >= 0.3 is 0 Å². The Morgan fingerprint density at radius 2 is 1.91 bits per heavy atom. The van der Waals surface area contributed by atoms with Crippen molar-refractivity contribution in [3.05, 3.63) is 23.5 Å². The maximum absolute atomic E-state index is 13.3. The van der Waals surface area contributed by atoms with E-state index in [-0.39, 0.29) is 15.6 Å². The lowest BCUT2D eigenvalue weighted by molar-refractivity contribution is 0.150. The average molecular weight is 545 g/mol. The normalized spacial score (nSPS) is 19.1. The molecule has 5 rings (SSSR count). The number of imidazole rings is 1. The van der Waals surface area contributed by atoms with E-state index in [0.29, 0.717) is 30.1 Å². The van der Waals surface area contributed by atoms with Crippen molar-refractivity contribution in [1.29, 1.82) is 0 Å². The fraction of sp³-hybridized carbons (Fsp3) is 0.571. The largest absolute Gasteiger partial charge is 0.368 e. The molecule has 35 heavy (non-hydrogen) atoms. The van der Waals surface area contributed by atoms with Gasteiger partial charge in [-0.05, 0) is 52.0 Å². The fourth-order valence-corrected chi connectivity index (χ4v) is 8.07. The quantitative estimate of drug-likeness (QED) is 0.444. The molecule has 1 aliphatic carbocycles. The third-order valence-corrected chi connectivity index (χ3v) is 11.6. The highest BCUT2D eigenvalue weighted by molar-refractivity contribution is 7.89. The first kappa shape index (κ1) is 24.7. The van der Waals surface area contributed by atoms with Gasteiger partial charge in [-0.1, -0.05) is 11.3 Å². The zero-order valence-corrected chi connectivity index (χ0v) is 22.1. The topological polar surface area (TPSA) is 110 Å². The van der Waals surface area contributed by atoms with E-state index in [1.54, 1.807) is 23.8 Å². The number of rotatable bonds is 7. The molecule has 14 heteroatoms. The number of pyridine rings is 1. The molecule has 0 unspecified atom stereocenters. The molecule has 190 valence electrons. The highest BCUT2D eigenvalue weighted by Crippen LogP contribution is 2.48. The van der Waals surface area contributed by atoms with Crippen LogP contribution < -0.4 is 9.62 Å². The smallest absolute Gasteiger partial charge is 0.291 e. The number of piperidine rings is 1. The molecule has 0 amide bonds. The molecular weight excluding hydrogens is 517 g/mol. The summed E-state index contributed by atoms with van der Waals surface area (Å²) in [6, 6.07) is 1.61. The highest BCUT2D eigenvalue weighted by atomic mass is 32.2.